The fourth-order valence-corrected chi connectivity index (χ4v) is 3.10. The van der Waals surface area contributed by atoms with E-state index in [4.69, 9.17) is 44.3 Å². The average Bonchev–Trinajstić information content (AvgIpc) is 2.91. The van der Waals surface area contributed by atoms with Crippen LogP contribution in [0.25, 0.3) is 0 Å². The van der Waals surface area contributed by atoms with E-state index in [9.17, 15) is 14.4 Å². The number of nitrogens with zero attached hydrogens (tertiary/aromatic N) is 1. The molecular formula is C30H55N3O11. The van der Waals surface area contributed by atoms with E-state index >= 15 is 0 Å². The first-order valence-corrected chi connectivity index (χ1v) is 15.0. The van der Waals surface area contributed by atoms with Gasteiger partial charge in [0.2, 0.25) is 5.91 Å². The third-order valence-electron chi connectivity index (χ3n) is 4.95. The Labute approximate surface area is 263 Å². The predicted molar refractivity (Wildman–Crippen MR) is 163 cm³/mol. The Bertz CT molecular complexity index is 768. The quantitative estimate of drug-likeness (QED) is 0.112. The molecule has 0 radical (unpaired) electrons. The number of carbonyl (C=O) groups excluding carboxylic acids is 3. The van der Waals surface area contributed by atoms with Crippen molar-refractivity contribution in [3.8, 4) is 12.3 Å². The molecule has 2 N–H and O–H groups in total. The smallest absolute Gasteiger partial charge is 0.407 e. The molecule has 0 atom stereocenters. The van der Waals surface area contributed by atoms with Crippen molar-refractivity contribution < 1.29 is 52.3 Å². The summed E-state index contributed by atoms with van der Waals surface area (Å²) in [5, 5.41) is 5.24. The highest BCUT2D eigenvalue weighted by Gasteiger charge is 2.17. The number of alkyl carbamates (subject to hydrolysis) is 2. The fourth-order valence-electron chi connectivity index (χ4n) is 3.10. The van der Waals surface area contributed by atoms with Crippen LogP contribution in [0.3, 0.4) is 0 Å². The van der Waals surface area contributed by atoms with Crippen LogP contribution in [0, 0.1) is 12.3 Å². The van der Waals surface area contributed by atoms with E-state index < -0.39 is 23.4 Å². The number of terminal acetylenes is 1. The molecule has 14 nitrogen and oxygen atoms in total. The summed E-state index contributed by atoms with van der Waals surface area (Å²) < 4.78 is 43.0. The van der Waals surface area contributed by atoms with E-state index in [1.165, 1.54) is 0 Å². The molecular weight excluding hydrogens is 578 g/mol. The molecule has 3 amide bonds. The summed E-state index contributed by atoms with van der Waals surface area (Å²) in [6.45, 7) is 16.0. The van der Waals surface area contributed by atoms with Crippen molar-refractivity contribution in [3.05, 3.63) is 0 Å². The molecule has 14 heteroatoms. The van der Waals surface area contributed by atoms with E-state index in [-0.39, 0.29) is 65.1 Å². The Balaban J connectivity index is 4.29. The number of rotatable bonds is 25. The minimum absolute atomic E-state index is 0.114. The summed E-state index contributed by atoms with van der Waals surface area (Å²) in [4.78, 5) is 37.9. The van der Waals surface area contributed by atoms with Crippen molar-refractivity contribution in [3.63, 3.8) is 0 Å². The van der Waals surface area contributed by atoms with Crippen LogP contribution in [-0.4, -0.2) is 140 Å². The molecule has 0 aliphatic carbocycles. The van der Waals surface area contributed by atoms with Gasteiger partial charge in [0.05, 0.1) is 79.1 Å². The van der Waals surface area contributed by atoms with Gasteiger partial charge in [0, 0.05) is 26.2 Å². The number of carbonyl (C=O) groups is 3. The summed E-state index contributed by atoms with van der Waals surface area (Å²) in [5.74, 6) is 2.27. The zero-order chi connectivity index (χ0) is 33.1. The first-order chi connectivity index (χ1) is 20.8. The molecule has 256 valence electrons. The average molecular weight is 634 g/mol. The third kappa shape index (κ3) is 29.4. The normalized spacial score (nSPS) is 11.5. The summed E-state index contributed by atoms with van der Waals surface area (Å²) in [6, 6.07) is 0. The number of amides is 3. The zero-order valence-corrected chi connectivity index (χ0v) is 27.5. The highest BCUT2D eigenvalue weighted by Crippen LogP contribution is 2.07. The van der Waals surface area contributed by atoms with Crippen molar-refractivity contribution in [2.45, 2.75) is 59.2 Å². The lowest BCUT2D eigenvalue weighted by molar-refractivity contribution is -0.134. The van der Waals surface area contributed by atoms with Crippen LogP contribution in [0.4, 0.5) is 9.59 Å². The highest BCUT2D eigenvalue weighted by atomic mass is 16.6. The maximum atomic E-state index is 12.8. The second-order valence-electron chi connectivity index (χ2n) is 11.3. The van der Waals surface area contributed by atoms with Crippen molar-refractivity contribution in [2.24, 2.45) is 0 Å². The van der Waals surface area contributed by atoms with Crippen molar-refractivity contribution in [1.29, 1.82) is 0 Å². The lowest BCUT2D eigenvalue weighted by Crippen LogP contribution is -2.38. The first kappa shape index (κ1) is 41.3. The van der Waals surface area contributed by atoms with Crippen LogP contribution in [0.1, 0.15) is 48.0 Å². The topological polar surface area (TPSA) is 152 Å². The molecule has 0 fully saturated rings. The molecule has 0 aromatic heterocycles. The van der Waals surface area contributed by atoms with Crippen LogP contribution in [0.2, 0.25) is 0 Å². The zero-order valence-electron chi connectivity index (χ0n) is 27.5. The number of ether oxygens (including phenoxy) is 8. The second kappa shape index (κ2) is 25.6. The van der Waals surface area contributed by atoms with Crippen molar-refractivity contribution >= 4 is 18.1 Å². The van der Waals surface area contributed by atoms with Gasteiger partial charge in [-0.1, -0.05) is 5.92 Å². The Morgan fingerprint density at radius 1 is 0.591 bits per heavy atom. The van der Waals surface area contributed by atoms with Crippen molar-refractivity contribution in [1.82, 2.24) is 15.5 Å². The molecule has 0 aliphatic rings. The molecule has 0 spiro atoms. The van der Waals surface area contributed by atoms with E-state index in [1.54, 1.807) is 46.4 Å². The van der Waals surface area contributed by atoms with Gasteiger partial charge in [-0.2, -0.15) is 0 Å². The highest BCUT2D eigenvalue weighted by molar-refractivity contribution is 5.76. The standard InChI is InChI=1S/C30H55N3O11/c1-8-14-37-20-22-41-24-25-42-23-21-38-15-9-26(34)33(12-18-39-16-10-31-27(35)43-29(2,3)4)13-19-40-17-11-32-28(36)44-30(5,6)7/h1H,9-25H2,2-7H3,(H,31,35)(H,32,36). The van der Waals surface area contributed by atoms with E-state index in [0.29, 0.717) is 52.7 Å². The molecule has 0 aromatic rings. The monoisotopic (exact) mass is 633 g/mol. The third-order valence-corrected chi connectivity index (χ3v) is 4.95. The Kier molecular flexibility index (Phi) is 24.1. The summed E-state index contributed by atoms with van der Waals surface area (Å²) in [6.07, 6.45) is 4.24. The van der Waals surface area contributed by atoms with E-state index in [2.05, 4.69) is 16.6 Å². The van der Waals surface area contributed by atoms with E-state index in [0.717, 1.165) is 0 Å². The minimum atomic E-state index is -0.579. The number of hydrogen-bond acceptors (Lipinski definition) is 11. The molecule has 0 aromatic carbocycles. The summed E-state index contributed by atoms with van der Waals surface area (Å²) in [5.41, 5.74) is -1.16. The molecule has 0 heterocycles. The molecule has 44 heavy (non-hydrogen) atoms. The second-order valence-corrected chi connectivity index (χ2v) is 11.3. The lowest BCUT2D eigenvalue weighted by atomic mass is 10.2. The van der Waals surface area contributed by atoms with Crippen LogP contribution in [0.15, 0.2) is 0 Å². The molecule has 0 saturated carbocycles. The molecule has 0 saturated heterocycles. The van der Waals surface area contributed by atoms with Gasteiger partial charge >= 0.3 is 12.2 Å². The molecule has 0 unspecified atom stereocenters. The first-order valence-electron chi connectivity index (χ1n) is 15.0. The van der Waals surface area contributed by atoms with Gasteiger partial charge < -0.3 is 53.4 Å². The van der Waals surface area contributed by atoms with Gasteiger partial charge in [-0.15, -0.1) is 6.42 Å². The molecule has 0 aliphatic heterocycles. The van der Waals surface area contributed by atoms with Gasteiger partial charge in [0.25, 0.3) is 0 Å². The van der Waals surface area contributed by atoms with Crippen LogP contribution >= 0.6 is 0 Å². The van der Waals surface area contributed by atoms with Gasteiger partial charge in [-0.05, 0) is 41.5 Å². The minimum Gasteiger partial charge on any atom is -0.444 e. The summed E-state index contributed by atoms with van der Waals surface area (Å²) >= 11 is 0. The number of nitrogens with one attached hydrogen (secondary N) is 2. The fraction of sp³-hybridized carbons (Fsp3) is 0.833. The largest absolute Gasteiger partial charge is 0.444 e. The SMILES string of the molecule is C#CCOCCOCCOCCOCCC(=O)N(CCOCCNC(=O)OC(C)(C)C)CCOCCNC(=O)OC(C)(C)C. The van der Waals surface area contributed by atoms with Crippen LogP contribution in [-0.2, 0) is 42.7 Å². The van der Waals surface area contributed by atoms with Gasteiger partial charge in [-0.25, -0.2) is 9.59 Å². The molecule has 0 rings (SSSR count). The Morgan fingerprint density at radius 3 is 1.39 bits per heavy atom. The van der Waals surface area contributed by atoms with Crippen LogP contribution < -0.4 is 10.6 Å². The Hall–Kier alpha value is -2.67. The maximum absolute atomic E-state index is 12.8. The van der Waals surface area contributed by atoms with Crippen molar-refractivity contribution in [2.75, 3.05) is 105 Å². The van der Waals surface area contributed by atoms with Gasteiger partial charge in [0.1, 0.15) is 17.8 Å². The molecule has 0 bridgehead atoms. The maximum Gasteiger partial charge on any atom is 0.407 e. The predicted octanol–water partition coefficient (Wildman–Crippen LogP) is 1.99. The van der Waals surface area contributed by atoms with E-state index in [1.807, 2.05) is 0 Å². The lowest BCUT2D eigenvalue weighted by Gasteiger charge is -2.23. The number of hydrogen-bond donors (Lipinski definition) is 2. The van der Waals surface area contributed by atoms with Gasteiger partial charge in [0.15, 0.2) is 0 Å². The van der Waals surface area contributed by atoms with Crippen LogP contribution in [0.5, 0.6) is 0 Å². The summed E-state index contributed by atoms with van der Waals surface area (Å²) in [7, 11) is 0. The van der Waals surface area contributed by atoms with Gasteiger partial charge in [-0.3, -0.25) is 4.79 Å². The Morgan fingerprint density at radius 2 is 0.977 bits per heavy atom.